The Bertz CT molecular complexity index is 339. The van der Waals surface area contributed by atoms with E-state index in [-0.39, 0.29) is 6.03 Å². The first-order valence-electron chi connectivity index (χ1n) is 5.53. The molecule has 0 aliphatic carbocycles. The van der Waals surface area contributed by atoms with Gasteiger partial charge in [0.05, 0.1) is 6.54 Å². The van der Waals surface area contributed by atoms with E-state index in [1.165, 1.54) is 12.8 Å². The summed E-state index contributed by atoms with van der Waals surface area (Å²) in [4.78, 5) is 17.4. The Kier molecular flexibility index (Phi) is 3.38. The number of rotatable bonds is 2. The molecule has 2 heterocycles. The molecule has 6 nitrogen and oxygen atoms in total. The van der Waals surface area contributed by atoms with Crippen LogP contribution in [0.3, 0.4) is 0 Å². The van der Waals surface area contributed by atoms with Crippen molar-refractivity contribution in [3.8, 4) is 0 Å². The van der Waals surface area contributed by atoms with Crippen LogP contribution in [0.4, 0.5) is 4.79 Å². The normalized spacial score (nSPS) is 20.8. The molecule has 6 heteroatoms. The number of aromatic nitrogens is 2. The molecule has 0 saturated carbocycles. The first kappa shape index (κ1) is 10.9. The zero-order valence-electron chi connectivity index (χ0n) is 9.35. The molecule has 1 unspecified atom stereocenters. The predicted octanol–water partition coefficient (Wildman–Crippen LogP) is 1.01. The van der Waals surface area contributed by atoms with Crippen LogP contribution in [-0.2, 0) is 6.54 Å². The Morgan fingerprint density at radius 1 is 1.75 bits per heavy atom. The molecule has 1 aliphatic rings. The minimum absolute atomic E-state index is 0.0450. The van der Waals surface area contributed by atoms with Gasteiger partial charge < -0.3 is 14.7 Å². The lowest BCUT2D eigenvalue weighted by molar-refractivity contribution is 0.169. The molecular weight excluding hydrogens is 208 g/mol. The summed E-state index contributed by atoms with van der Waals surface area (Å²) in [5.41, 5.74) is 0. The Labute approximate surface area is 94.0 Å². The van der Waals surface area contributed by atoms with Crippen LogP contribution in [0.15, 0.2) is 10.9 Å². The molecule has 1 saturated heterocycles. The molecule has 1 N–H and O–H groups in total. The van der Waals surface area contributed by atoms with Gasteiger partial charge in [-0.05, 0) is 18.8 Å². The number of likely N-dealkylation sites (tertiary alicyclic amines) is 1. The minimum Gasteiger partial charge on any atom is -0.343 e. The van der Waals surface area contributed by atoms with E-state index >= 15 is 0 Å². The molecule has 1 fully saturated rings. The van der Waals surface area contributed by atoms with E-state index in [1.807, 2.05) is 4.90 Å². The molecule has 2 amide bonds. The average molecular weight is 224 g/mol. The van der Waals surface area contributed by atoms with Gasteiger partial charge in [-0.15, -0.1) is 0 Å². The highest BCUT2D eigenvalue weighted by molar-refractivity contribution is 5.74. The molecule has 16 heavy (non-hydrogen) atoms. The zero-order chi connectivity index (χ0) is 11.4. The van der Waals surface area contributed by atoms with Gasteiger partial charge in [-0.2, -0.15) is 4.98 Å². The number of carbonyl (C=O) groups is 1. The number of carbonyl (C=O) groups excluding carboxylic acids is 1. The summed E-state index contributed by atoms with van der Waals surface area (Å²) in [6.45, 7) is 4.15. The van der Waals surface area contributed by atoms with Gasteiger partial charge in [0.25, 0.3) is 0 Å². The van der Waals surface area contributed by atoms with Gasteiger partial charge in [0.2, 0.25) is 6.39 Å². The Morgan fingerprint density at radius 2 is 2.62 bits per heavy atom. The number of piperidine rings is 1. The standard InChI is InChI=1S/C10H16N4O2/c1-8-3-2-4-14(6-8)10(15)11-5-9-12-7-16-13-9/h7-8H,2-6H2,1H3,(H,11,15). The Morgan fingerprint density at radius 3 is 3.31 bits per heavy atom. The van der Waals surface area contributed by atoms with Crippen LogP contribution in [-0.4, -0.2) is 34.2 Å². The van der Waals surface area contributed by atoms with Gasteiger partial charge in [-0.3, -0.25) is 0 Å². The highest BCUT2D eigenvalue weighted by Crippen LogP contribution is 2.15. The van der Waals surface area contributed by atoms with Crippen molar-refractivity contribution in [2.45, 2.75) is 26.3 Å². The van der Waals surface area contributed by atoms with Crippen LogP contribution in [0.1, 0.15) is 25.6 Å². The van der Waals surface area contributed by atoms with Crippen LogP contribution in [0.25, 0.3) is 0 Å². The smallest absolute Gasteiger partial charge is 0.317 e. The van der Waals surface area contributed by atoms with Crippen LogP contribution in [0.5, 0.6) is 0 Å². The van der Waals surface area contributed by atoms with Gasteiger partial charge in [-0.25, -0.2) is 4.79 Å². The van der Waals surface area contributed by atoms with Crippen molar-refractivity contribution in [1.29, 1.82) is 0 Å². The molecule has 0 radical (unpaired) electrons. The zero-order valence-corrected chi connectivity index (χ0v) is 9.35. The fourth-order valence-corrected chi connectivity index (χ4v) is 1.91. The molecule has 1 aromatic rings. The van der Waals surface area contributed by atoms with Gasteiger partial charge >= 0.3 is 6.03 Å². The van der Waals surface area contributed by atoms with Crippen LogP contribution in [0, 0.1) is 5.92 Å². The van der Waals surface area contributed by atoms with Crippen molar-refractivity contribution in [2.75, 3.05) is 13.1 Å². The number of urea groups is 1. The Balaban J connectivity index is 1.79. The number of nitrogens with one attached hydrogen (secondary N) is 1. The van der Waals surface area contributed by atoms with E-state index in [4.69, 9.17) is 0 Å². The second kappa shape index (κ2) is 4.96. The van der Waals surface area contributed by atoms with Crippen molar-refractivity contribution in [1.82, 2.24) is 20.4 Å². The van der Waals surface area contributed by atoms with Crippen LogP contribution in [0.2, 0.25) is 0 Å². The summed E-state index contributed by atoms with van der Waals surface area (Å²) in [7, 11) is 0. The maximum Gasteiger partial charge on any atom is 0.317 e. The summed E-state index contributed by atoms with van der Waals surface area (Å²) < 4.78 is 4.58. The maximum atomic E-state index is 11.8. The predicted molar refractivity (Wildman–Crippen MR) is 56.5 cm³/mol. The lowest BCUT2D eigenvalue weighted by Gasteiger charge is -2.30. The van der Waals surface area contributed by atoms with Crippen molar-refractivity contribution >= 4 is 6.03 Å². The van der Waals surface area contributed by atoms with E-state index in [9.17, 15) is 4.79 Å². The lowest BCUT2D eigenvalue weighted by atomic mass is 10.0. The topological polar surface area (TPSA) is 71.3 Å². The van der Waals surface area contributed by atoms with Crippen molar-refractivity contribution in [2.24, 2.45) is 5.92 Å². The fourth-order valence-electron chi connectivity index (χ4n) is 1.91. The van der Waals surface area contributed by atoms with E-state index in [2.05, 4.69) is 26.9 Å². The van der Waals surface area contributed by atoms with Gasteiger partial charge in [-0.1, -0.05) is 12.1 Å². The van der Waals surface area contributed by atoms with Crippen LogP contribution < -0.4 is 5.32 Å². The summed E-state index contributed by atoms with van der Waals surface area (Å²) in [5.74, 6) is 1.09. The summed E-state index contributed by atoms with van der Waals surface area (Å²) >= 11 is 0. The van der Waals surface area contributed by atoms with E-state index in [1.54, 1.807) is 0 Å². The highest BCUT2D eigenvalue weighted by atomic mass is 16.5. The van der Waals surface area contributed by atoms with E-state index in [0.717, 1.165) is 19.5 Å². The Hall–Kier alpha value is -1.59. The molecular formula is C10H16N4O2. The number of hydrogen-bond donors (Lipinski definition) is 1. The quantitative estimate of drug-likeness (QED) is 0.813. The number of nitrogens with zero attached hydrogens (tertiary/aromatic N) is 3. The first-order valence-corrected chi connectivity index (χ1v) is 5.53. The van der Waals surface area contributed by atoms with Crippen molar-refractivity contribution < 1.29 is 9.32 Å². The van der Waals surface area contributed by atoms with Crippen molar-refractivity contribution in [3.05, 3.63) is 12.2 Å². The molecule has 0 bridgehead atoms. The third kappa shape index (κ3) is 2.71. The fraction of sp³-hybridized carbons (Fsp3) is 0.700. The lowest BCUT2D eigenvalue weighted by Crippen LogP contribution is -2.44. The summed E-state index contributed by atoms with van der Waals surface area (Å²) in [6.07, 6.45) is 3.54. The summed E-state index contributed by atoms with van der Waals surface area (Å²) in [6, 6.07) is -0.0450. The van der Waals surface area contributed by atoms with Gasteiger partial charge in [0.1, 0.15) is 0 Å². The molecule has 1 aromatic heterocycles. The maximum absolute atomic E-state index is 11.8. The van der Waals surface area contributed by atoms with Gasteiger partial charge in [0.15, 0.2) is 5.82 Å². The average Bonchev–Trinajstić information content (AvgIpc) is 2.78. The number of hydrogen-bond acceptors (Lipinski definition) is 4. The molecule has 1 aliphatic heterocycles. The molecule has 2 rings (SSSR count). The van der Waals surface area contributed by atoms with Crippen LogP contribution >= 0.6 is 0 Å². The number of amides is 2. The minimum atomic E-state index is -0.0450. The van der Waals surface area contributed by atoms with E-state index < -0.39 is 0 Å². The molecule has 0 aromatic carbocycles. The SMILES string of the molecule is CC1CCCN(C(=O)NCc2ncon2)C1. The largest absolute Gasteiger partial charge is 0.343 e. The second-order valence-corrected chi connectivity index (χ2v) is 4.20. The summed E-state index contributed by atoms with van der Waals surface area (Å²) in [5, 5.41) is 6.41. The molecule has 88 valence electrons. The molecule has 1 atom stereocenters. The molecule has 0 spiro atoms. The van der Waals surface area contributed by atoms with Gasteiger partial charge in [0, 0.05) is 13.1 Å². The third-order valence-electron chi connectivity index (χ3n) is 2.75. The highest BCUT2D eigenvalue weighted by Gasteiger charge is 2.20. The third-order valence-corrected chi connectivity index (χ3v) is 2.75. The van der Waals surface area contributed by atoms with Crippen molar-refractivity contribution in [3.63, 3.8) is 0 Å². The first-order chi connectivity index (χ1) is 7.75. The van der Waals surface area contributed by atoms with E-state index in [0.29, 0.717) is 18.3 Å². The monoisotopic (exact) mass is 224 g/mol. The second-order valence-electron chi connectivity index (χ2n) is 4.20.